The smallest absolute Gasteiger partial charge is 0.356 e. The van der Waals surface area contributed by atoms with E-state index in [4.69, 9.17) is 9.52 Å². The Labute approximate surface area is 107 Å². The Kier molecular flexibility index (Phi) is 2.60. The fourth-order valence-electron chi connectivity index (χ4n) is 1.76. The van der Waals surface area contributed by atoms with Crippen molar-refractivity contribution in [3.05, 3.63) is 54.7 Å². The first-order chi connectivity index (χ1) is 9.25. The summed E-state index contributed by atoms with van der Waals surface area (Å²) >= 11 is 0. The number of carbonyl (C=O) groups is 1. The van der Waals surface area contributed by atoms with Crippen LogP contribution in [0.4, 0.5) is 0 Å². The van der Waals surface area contributed by atoms with Gasteiger partial charge in [-0.3, -0.25) is 4.98 Å². The van der Waals surface area contributed by atoms with Gasteiger partial charge < -0.3 is 9.52 Å². The highest BCUT2D eigenvalue weighted by Gasteiger charge is 2.17. The first-order valence-electron chi connectivity index (χ1n) is 5.53. The summed E-state index contributed by atoms with van der Waals surface area (Å²) in [6.07, 6.45) is 4.76. The van der Waals surface area contributed by atoms with Crippen molar-refractivity contribution >= 4 is 5.97 Å². The number of aromatic nitrogens is 3. The van der Waals surface area contributed by atoms with Gasteiger partial charge in [-0.15, -0.1) is 0 Å². The molecule has 0 fully saturated rings. The van der Waals surface area contributed by atoms with Gasteiger partial charge in [0.1, 0.15) is 5.69 Å². The third-order valence-electron chi connectivity index (χ3n) is 2.59. The fourth-order valence-corrected chi connectivity index (χ4v) is 1.76. The molecule has 0 amide bonds. The number of carboxylic acid groups (broad SMARTS) is 1. The summed E-state index contributed by atoms with van der Waals surface area (Å²) in [6.45, 7) is 0. The summed E-state index contributed by atoms with van der Waals surface area (Å²) in [5.74, 6) is -0.542. The van der Waals surface area contributed by atoms with E-state index in [-0.39, 0.29) is 5.69 Å². The van der Waals surface area contributed by atoms with Crippen molar-refractivity contribution in [3.63, 3.8) is 0 Å². The van der Waals surface area contributed by atoms with Gasteiger partial charge in [-0.05, 0) is 24.3 Å². The minimum Gasteiger partial charge on any atom is -0.476 e. The lowest BCUT2D eigenvalue weighted by Crippen LogP contribution is -2.02. The highest BCUT2D eigenvalue weighted by molar-refractivity contribution is 5.87. The maximum absolute atomic E-state index is 11.0. The summed E-state index contributed by atoms with van der Waals surface area (Å²) in [5.41, 5.74) is 1.19. The molecule has 0 saturated carbocycles. The van der Waals surface area contributed by atoms with Crippen LogP contribution in [0.15, 0.2) is 53.4 Å². The largest absolute Gasteiger partial charge is 0.476 e. The highest BCUT2D eigenvalue weighted by atomic mass is 16.4. The van der Waals surface area contributed by atoms with E-state index in [9.17, 15) is 4.79 Å². The van der Waals surface area contributed by atoms with Crippen LogP contribution in [0.3, 0.4) is 0 Å². The molecule has 6 nitrogen and oxygen atoms in total. The van der Waals surface area contributed by atoms with Gasteiger partial charge in [-0.25, -0.2) is 9.48 Å². The second-order valence-corrected chi connectivity index (χ2v) is 3.82. The van der Waals surface area contributed by atoms with Crippen molar-refractivity contribution in [2.24, 2.45) is 0 Å². The highest BCUT2D eigenvalue weighted by Crippen LogP contribution is 2.24. The van der Waals surface area contributed by atoms with Crippen molar-refractivity contribution in [1.82, 2.24) is 14.8 Å². The molecule has 0 unspecified atom stereocenters. The van der Waals surface area contributed by atoms with Gasteiger partial charge >= 0.3 is 5.97 Å². The number of aromatic carboxylic acids is 1. The lowest BCUT2D eigenvalue weighted by atomic mass is 10.3. The molecule has 0 aromatic carbocycles. The van der Waals surface area contributed by atoms with Crippen LogP contribution in [-0.4, -0.2) is 25.8 Å². The van der Waals surface area contributed by atoms with Crippen LogP contribution in [0.1, 0.15) is 10.5 Å². The SMILES string of the molecule is O=C(O)c1cc(-c2ccco2)n(-c2cccnc2)n1. The maximum Gasteiger partial charge on any atom is 0.356 e. The minimum absolute atomic E-state index is 0.0461. The first kappa shape index (κ1) is 11.2. The van der Waals surface area contributed by atoms with E-state index in [1.54, 1.807) is 36.7 Å². The Hall–Kier alpha value is -2.89. The average Bonchev–Trinajstić information content (AvgIpc) is 3.08. The molecule has 0 radical (unpaired) electrons. The molecule has 0 bridgehead atoms. The minimum atomic E-state index is -1.09. The van der Waals surface area contributed by atoms with E-state index >= 15 is 0 Å². The Morgan fingerprint density at radius 3 is 2.84 bits per heavy atom. The number of hydrogen-bond donors (Lipinski definition) is 1. The molecule has 0 saturated heterocycles. The predicted octanol–water partition coefficient (Wildman–Crippen LogP) is 2.23. The number of carboxylic acids is 1. The van der Waals surface area contributed by atoms with Crippen molar-refractivity contribution in [2.75, 3.05) is 0 Å². The third kappa shape index (κ3) is 1.99. The normalized spacial score (nSPS) is 10.5. The Balaban J connectivity index is 2.20. The molecule has 3 heterocycles. The molecule has 0 atom stereocenters. The molecule has 6 heteroatoms. The van der Waals surface area contributed by atoms with Crippen LogP contribution in [0, 0.1) is 0 Å². The van der Waals surface area contributed by atoms with Gasteiger partial charge in [0.15, 0.2) is 11.5 Å². The van der Waals surface area contributed by atoms with Crippen LogP contribution < -0.4 is 0 Å². The standard InChI is InChI=1S/C13H9N3O3/c17-13(18)10-7-11(12-4-2-6-19-12)16(15-10)9-3-1-5-14-8-9/h1-8H,(H,17,18). The third-order valence-corrected chi connectivity index (χ3v) is 2.59. The van der Waals surface area contributed by atoms with E-state index in [0.29, 0.717) is 17.1 Å². The van der Waals surface area contributed by atoms with Crippen LogP contribution >= 0.6 is 0 Å². The topological polar surface area (TPSA) is 81.1 Å². The Bertz CT molecular complexity index is 702. The molecule has 3 aromatic rings. The van der Waals surface area contributed by atoms with Crippen LogP contribution in [0.5, 0.6) is 0 Å². The van der Waals surface area contributed by atoms with Crippen molar-refractivity contribution < 1.29 is 14.3 Å². The zero-order valence-corrected chi connectivity index (χ0v) is 9.72. The fraction of sp³-hybridized carbons (Fsp3) is 0. The van der Waals surface area contributed by atoms with Crippen LogP contribution in [0.2, 0.25) is 0 Å². The second-order valence-electron chi connectivity index (χ2n) is 3.82. The van der Waals surface area contributed by atoms with Crippen LogP contribution in [-0.2, 0) is 0 Å². The summed E-state index contributed by atoms with van der Waals surface area (Å²) in [5, 5.41) is 13.1. The van der Waals surface area contributed by atoms with Gasteiger partial charge in [0.05, 0.1) is 18.1 Å². The zero-order chi connectivity index (χ0) is 13.2. The number of furan rings is 1. The van der Waals surface area contributed by atoms with Crippen LogP contribution in [0.25, 0.3) is 17.1 Å². The maximum atomic E-state index is 11.0. The molecular weight excluding hydrogens is 246 g/mol. The monoisotopic (exact) mass is 255 g/mol. The Morgan fingerprint density at radius 1 is 1.32 bits per heavy atom. The van der Waals surface area contributed by atoms with Gasteiger partial charge in [0, 0.05) is 12.3 Å². The summed E-state index contributed by atoms with van der Waals surface area (Å²) in [4.78, 5) is 15.0. The number of nitrogens with zero attached hydrogens (tertiary/aromatic N) is 3. The molecule has 0 aliphatic heterocycles. The predicted molar refractivity (Wildman–Crippen MR) is 66.0 cm³/mol. The quantitative estimate of drug-likeness (QED) is 0.776. The molecule has 0 aliphatic carbocycles. The van der Waals surface area contributed by atoms with Crippen molar-refractivity contribution in [2.45, 2.75) is 0 Å². The summed E-state index contributed by atoms with van der Waals surface area (Å²) in [7, 11) is 0. The number of rotatable bonds is 3. The second kappa shape index (κ2) is 4.41. The average molecular weight is 255 g/mol. The van der Waals surface area contributed by atoms with Gasteiger partial charge in [-0.1, -0.05) is 0 Å². The molecular formula is C13H9N3O3. The zero-order valence-electron chi connectivity index (χ0n) is 9.72. The van der Waals surface area contributed by atoms with E-state index in [1.165, 1.54) is 17.0 Å². The van der Waals surface area contributed by atoms with E-state index in [0.717, 1.165) is 0 Å². The molecule has 0 spiro atoms. The Morgan fingerprint density at radius 2 is 2.21 bits per heavy atom. The number of hydrogen-bond acceptors (Lipinski definition) is 4. The summed E-state index contributed by atoms with van der Waals surface area (Å²) in [6, 6.07) is 8.49. The van der Waals surface area contributed by atoms with Gasteiger partial charge in [0.25, 0.3) is 0 Å². The van der Waals surface area contributed by atoms with E-state index < -0.39 is 5.97 Å². The van der Waals surface area contributed by atoms with Gasteiger partial charge in [0.2, 0.25) is 0 Å². The molecule has 1 N–H and O–H groups in total. The van der Waals surface area contributed by atoms with Crippen molar-refractivity contribution in [1.29, 1.82) is 0 Å². The lowest BCUT2D eigenvalue weighted by Gasteiger charge is -2.04. The van der Waals surface area contributed by atoms with Gasteiger partial charge in [-0.2, -0.15) is 5.10 Å². The number of pyridine rings is 1. The molecule has 19 heavy (non-hydrogen) atoms. The van der Waals surface area contributed by atoms with E-state index in [1.807, 2.05) is 0 Å². The van der Waals surface area contributed by atoms with E-state index in [2.05, 4.69) is 10.1 Å². The summed E-state index contributed by atoms with van der Waals surface area (Å²) < 4.78 is 6.80. The lowest BCUT2D eigenvalue weighted by molar-refractivity contribution is 0.0690. The molecule has 3 rings (SSSR count). The molecule has 0 aliphatic rings. The van der Waals surface area contributed by atoms with Crippen molar-refractivity contribution in [3.8, 4) is 17.1 Å². The molecule has 94 valence electrons. The molecule has 3 aromatic heterocycles. The first-order valence-corrected chi connectivity index (χ1v) is 5.53.